The molecule has 0 aromatic heterocycles. The van der Waals surface area contributed by atoms with Crippen molar-refractivity contribution in [3.05, 3.63) is 48.5 Å². The van der Waals surface area contributed by atoms with E-state index in [1.807, 2.05) is 24.3 Å². The number of benzene rings is 2. The molecule has 0 amide bonds. The number of anilines is 2. The highest BCUT2D eigenvalue weighted by molar-refractivity contribution is 14.0. The molecule has 0 saturated heterocycles. The monoisotopic (exact) mass is 484 g/mol. The van der Waals surface area contributed by atoms with Crippen molar-refractivity contribution in [1.29, 1.82) is 0 Å². The molecule has 0 aliphatic rings. The van der Waals surface area contributed by atoms with Gasteiger partial charge in [0.2, 0.25) is 0 Å². The van der Waals surface area contributed by atoms with Crippen LogP contribution in [-0.4, -0.2) is 47.4 Å². The van der Waals surface area contributed by atoms with Crippen LogP contribution >= 0.6 is 24.0 Å². The van der Waals surface area contributed by atoms with Crippen LogP contribution in [0.15, 0.2) is 53.5 Å². The van der Waals surface area contributed by atoms with Gasteiger partial charge < -0.3 is 25.0 Å². The fourth-order valence-electron chi connectivity index (χ4n) is 2.56. The molecule has 0 spiro atoms. The Morgan fingerprint density at radius 2 is 1.74 bits per heavy atom. The van der Waals surface area contributed by atoms with Crippen LogP contribution in [0.4, 0.5) is 11.4 Å². The molecule has 0 bridgehead atoms. The summed E-state index contributed by atoms with van der Waals surface area (Å²) in [6, 6.07) is 16.0. The first-order valence-corrected chi connectivity index (χ1v) is 8.63. The van der Waals surface area contributed by atoms with Crippen molar-refractivity contribution in [1.82, 2.24) is 5.32 Å². The molecule has 0 aliphatic heterocycles. The van der Waals surface area contributed by atoms with Gasteiger partial charge in [-0.2, -0.15) is 0 Å². The van der Waals surface area contributed by atoms with Gasteiger partial charge in [0, 0.05) is 44.6 Å². The first kappa shape index (κ1) is 22.9. The molecule has 7 heteroatoms. The maximum atomic E-state index is 5.33. The predicted octanol–water partition coefficient (Wildman–Crippen LogP) is 3.84. The van der Waals surface area contributed by atoms with Crippen LogP contribution in [0.1, 0.15) is 6.42 Å². The van der Waals surface area contributed by atoms with E-state index in [9.17, 15) is 0 Å². The highest BCUT2D eigenvalue weighted by Gasteiger charge is 2.06. The van der Waals surface area contributed by atoms with Crippen LogP contribution in [0.5, 0.6) is 11.5 Å². The highest BCUT2D eigenvalue weighted by Crippen LogP contribution is 2.29. The number of ether oxygens (including phenoxy) is 2. The van der Waals surface area contributed by atoms with Crippen molar-refractivity contribution in [3.8, 4) is 11.5 Å². The van der Waals surface area contributed by atoms with E-state index in [1.165, 1.54) is 5.69 Å². The van der Waals surface area contributed by atoms with Gasteiger partial charge in [-0.15, -0.1) is 24.0 Å². The average Bonchev–Trinajstić information content (AvgIpc) is 2.70. The second-order valence-corrected chi connectivity index (χ2v) is 5.80. The Kier molecular flexibility index (Phi) is 10.4. The standard InChI is InChI=1S/C20H28N4O2.HI/c1-21-20(23-16-11-12-18(25-3)19(15-16)26-4)22-13-8-14-24(2)17-9-6-5-7-10-17;/h5-7,9-12,15H,8,13-14H2,1-4H3,(H2,21,22,23);1H. The molecule has 27 heavy (non-hydrogen) atoms. The summed E-state index contributed by atoms with van der Waals surface area (Å²) >= 11 is 0. The van der Waals surface area contributed by atoms with Crippen LogP contribution in [0, 0.1) is 0 Å². The number of guanidine groups is 1. The van der Waals surface area contributed by atoms with Gasteiger partial charge in [0.05, 0.1) is 14.2 Å². The highest BCUT2D eigenvalue weighted by atomic mass is 127. The summed E-state index contributed by atoms with van der Waals surface area (Å²) in [7, 11) is 7.11. The lowest BCUT2D eigenvalue weighted by atomic mass is 10.2. The second kappa shape index (κ2) is 12.3. The third-order valence-corrected chi connectivity index (χ3v) is 4.03. The molecular formula is C20H29IN4O2. The smallest absolute Gasteiger partial charge is 0.195 e. The first-order chi connectivity index (χ1) is 12.7. The minimum atomic E-state index is 0. The van der Waals surface area contributed by atoms with Gasteiger partial charge in [-0.25, -0.2) is 0 Å². The van der Waals surface area contributed by atoms with Gasteiger partial charge in [-0.1, -0.05) is 18.2 Å². The fraction of sp³-hybridized carbons (Fsp3) is 0.350. The predicted molar refractivity (Wildman–Crippen MR) is 124 cm³/mol. The van der Waals surface area contributed by atoms with Gasteiger partial charge >= 0.3 is 0 Å². The van der Waals surface area contributed by atoms with Crippen LogP contribution in [0.2, 0.25) is 0 Å². The Morgan fingerprint density at radius 1 is 1.04 bits per heavy atom. The third kappa shape index (κ3) is 7.16. The number of hydrogen-bond donors (Lipinski definition) is 2. The number of rotatable bonds is 8. The Labute approximate surface area is 179 Å². The van der Waals surface area contributed by atoms with Crippen molar-refractivity contribution in [3.63, 3.8) is 0 Å². The summed E-state index contributed by atoms with van der Waals surface area (Å²) < 4.78 is 10.6. The van der Waals surface area contributed by atoms with Crippen molar-refractivity contribution >= 4 is 41.3 Å². The Balaban J connectivity index is 0.00000364. The molecule has 2 aromatic rings. The molecule has 2 aromatic carbocycles. The Bertz CT molecular complexity index is 710. The molecule has 0 aliphatic carbocycles. The number of methoxy groups -OCH3 is 2. The van der Waals surface area contributed by atoms with E-state index in [2.05, 4.69) is 51.8 Å². The van der Waals surface area contributed by atoms with Gasteiger partial charge in [0.15, 0.2) is 17.5 Å². The largest absolute Gasteiger partial charge is 0.493 e. The maximum Gasteiger partial charge on any atom is 0.195 e. The minimum Gasteiger partial charge on any atom is -0.493 e. The zero-order chi connectivity index (χ0) is 18.8. The van der Waals surface area contributed by atoms with Crippen LogP contribution in [0.3, 0.4) is 0 Å². The fourth-order valence-corrected chi connectivity index (χ4v) is 2.56. The molecule has 2 rings (SSSR count). The van der Waals surface area contributed by atoms with Gasteiger partial charge in [0.1, 0.15) is 0 Å². The van der Waals surface area contributed by atoms with E-state index in [4.69, 9.17) is 9.47 Å². The summed E-state index contributed by atoms with van der Waals surface area (Å²) in [5, 5.41) is 6.60. The zero-order valence-corrected chi connectivity index (χ0v) is 18.7. The Morgan fingerprint density at radius 3 is 2.37 bits per heavy atom. The topological polar surface area (TPSA) is 58.1 Å². The lowest BCUT2D eigenvalue weighted by Gasteiger charge is -2.19. The average molecular weight is 484 g/mol. The summed E-state index contributed by atoms with van der Waals surface area (Å²) in [6.45, 7) is 1.79. The summed E-state index contributed by atoms with van der Waals surface area (Å²) in [5.41, 5.74) is 2.11. The van der Waals surface area contributed by atoms with E-state index >= 15 is 0 Å². The normalized spacial score (nSPS) is 10.6. The number of nitrogens with zero attached hydrogens (tertiary/aromatic N) is 2. The quantitative estimate of drug-likeness (QED) is 0.258. The molecule has 0 fully saturated rings. The molecule has 0 heterocycles. The van der Waals surface area contributed by atoms with E-state index in [1.54, 1.807) is 21.3 Å². The molecule has 6 nitrogen and oxygen atoms in total. The summed E-state index contributed by atoms with van der Waals surface area (Å²) in [6.07, 6.45) is 0.998. The van der Waals surface area contributed by atoms with Crippen LogP contribution in [-0.2, 0) is 0 Å². The molecule has 0 atom stereocenters. The van der Waals surface area contributed by atoms with Crippen LogP contribution in [0.25, 0.3) is 0 Å². The van der Waals surface area contributed by atoms with E-state index < -0.39 is 0 Å². The number of para-hydroxylation sites is 1. The lowest BCUT2D eigenvalue weighted by Crippen LogP contribution is -2.33. The van der Waals surface area contributed by atoms with Gasteiger partial charge in [-0.05, 0) is 30.7 Å². The summed E-state index contributed by atoms with van der Waals surface area (Å²) in [4.78, 5) is 6.51. The first-order valence-electron chi connectivity index (χ1n) is 8.63. The zero-order valence-electron chi connectivity index (χ0n) is 16.4. The van der Waals surface area contributed by atoms with E-state index in [-0.39, 0.29) is 24.0 Å². The lowest BCUT2D eigenvalue weighted by molar-refractivity contribution is 0.355. The Hall–Kier alpha value is -2.16. The second-order valence-electron chi connectivity index (χ2n) is 5.80. The van der Waals surface area contributed by atoms with E-state index in [0.29, 0.717) is 11.5 Å². The number of aliphatic imine (C=N–C) groups is 1. The third-order valence-electron chi connectivity index (χ3n) is 4.03. The summed E-state index contributed by atoms with van der Waals surface area (Å²) in [5.74, 6) is 2.10. The van der Waals surface area contributed by atoms with Crippen molar-refractivity contribution < 1.29 is 9.47 Å². The minimum absolute atomic E-state index is 0. The molecule has 0 radical (unpaired) electrons. The number of nitrogens with one attached hydrogen (secondary N) is 2. The van der Waals surface area contributed by atoms with E-state index in [0.717, 1.165) is 31.2 Å². The van der Waals surface area contributed by atoms with Crippen molar-refractivity contribution in [2.75, 3.05) is 51.6 Å². The van der Waals surface area contributed by atoms with Crippen LogP contribution < -0.4 is 25.0 Å². The molecule has 2 N–H and O–H groups in total. The van der Waals surface area contributed by atoms with Gasteiger partial charge in [0.25, 0.3) is 0 Å². The molecule has 0 unspecified atom stereocenters. The molecule has 0 saturated carbocycles. The van der Waals surface area contributed by atoms with Gasteiger partial charge in [-0.3, -0.25) is 4.99 Å². The molecular weight excluding hydrogens is 455 g/mol. The molecule has 148 valence electrons. The van der Waals surface area contributed by atoms with Crippen molar-refractivity contribution in [2.45, 2.75) is 6.42 Å². The SMILES string of the molecule is CN=C(NCCCN(C)c1ccccc1)Nc1ccc(OC)c(OC)c1.I. The number of hydrogen-bond acceptors (Lipinski definition) is 4. The maximum absolute atomic E-state index is 5.33. The number of halogens is 1. The van der Waals surface area contributed by atoms with Crippen molar-refractivity contribution in [2.24, 2.45) is 4.99 Å².